The van der Waals surface area contributed by atoms with Gasteiger partial charge in [0.2, 0.25) is 5.90 Å². The van der Waals surface area contributed by atoms with Crippen molar-refractivity contribution < 1.29 is 28.9 Å². The van der Waals surface area contributed by atoms with E-state index in [2.05, 4.69) is 4.99 Å². The summed E-state index contributed by atoms with van der Waals surface area (Å²) in [5.41, 5.74) is 2.60. The summed E-state index contributed by atoms with van der Waals surface area (Å²) in [6, 6.07) is 12.3. The summed E-state index contributed by atoms with van der Waals surface area (Å²) < 4.78 is 15.6. The van der Waals surface area contributed by atoms with Crippen molar-refractivity contribution >= 4 is 23.9 Å². The summed E-state index contributed by atoms with van der Waals surface area (Å²) in [6.45, 7) is 1.49. The molecule has 0 saturated heterocycles. The van der Waals surface area contributed by atoms with Crippen LogP contribution in [-0.4, -0.2) is 36.7 Å². The third-order valence-electron chi connectivity index (χ3n) is 3.76. The molecule has 0 aliphatic carbocycles. The molecule has 0 amide bonds. The van der Waals surface area contributed by atoms with Gasteiger partial charge >= 0.3 is 11.9 Å². The molecule has 1 N–H and O–H groups in total. The molecule has 0 aromatic heterocycles. The lowest BCUT2D eigenvalue weighted by Gasteiger charge is -2.09. The van der Waals surface area contributed by atoms with E-state index in [1.807, 2.05) is 31.2 Å². The van der Waals surface area contributed by atoms with Gasteiger partial charge in [0.15, 0.2) is 23.8 Å². The minimum absolute atomic E-state index is 0.159. The molecule has 0 fully saturated rings. The highest BCUT2D eigenvalue weighted by Crippen LogP contribution is 2.29. The second-order valence-corrected chi connectivity index (χ2v) is 5.79. The third-order valence-corrected chi connectivity index (χ3v) is 3.76. The number of cyclic esters (lactones) is 1. The second kappa shape index (κ2) is 7.74. The standard InChI is InChI=1S/C20H17NO6/c1-12-3-6-14(7-4-12)19-21-15(20(24)27-19)9-13-5-8-16(17(10-13)25-2)26-11-18(22)23/h3-10H,11H2,1-2H3,(H,22,23). The van der Waals surface area contributed by atoms with Crippen molar-refractivity contribution in [1.82, 2.24) is 0 Å². The number of nitrogens with zero attached hydrogens (tertiary/aromatic N) is 1. The third kappa shape index (κ3) is 4.33. The van der Waals surface area contributed by atoms with E-state index in [1.165, 1.54) is 7.11 Å². The van der Waals surface area contributed by atoms with Crippen molar-refractivity contribution in [2.75, 3.05) is 13.7 Å². The van der Waals surface area contributed by atoms with Crippen LogP contribution in [0.1, 0.15) is 16.7 Å². The number of aliphatic imine (C=N–C) groups is 1. The second-order valence-electron chi connectivity index (χ2n) is 5.79. The normalized spacial score (nSPS) is 14.7. The Morgan fingerprint density at radius 2 is 1.93 bits per heavy atom. The first-order valence-electron chi connectivity index (χ1n) is 8.08. The average Bonchev–Trinajstić information content (AvgIpc) is 3.01. The maximum atomic E-state index is 12.1. The molecule has 7 nitrogen and oxygen atoms in total. The van der Waals surface area contributed by atoms with Crippen molar-refractivity contribution in [3.8, 4) is 11.5 Å². The Morgan fingerprint density at radius 1 is 1.19 bits per heavy atom. The van der Waals surface area contributed by atoms with E-state index in [1.54, 1.807) is 24.3 Å². The van der Waals surface area contributed by atoms with Crippen LogP contribution in [0.4, 0.5) is 0 Å². The molecule has 1 heterocycles. The van der Waals surface area contributed by atoms with Gasteiger partial charge in [-0.1, -0.05) is 23.8 Å². The zero-order chi connectivity index (χ0) is 19.4. The zero-order valence-corrected chi connectivity index (χ0v) is 14.8. The molecule has 1 aliphatic heterocycles. The predicted octanol–water partition coefficient (Wildman–Crippen LogP) is 2.81. The van der Waals surface area contributed by atoms with Gasteiger partial charge in [-0.05, 0) is 42.8 Å². The molecule has 0 unspecified atom stereocenters. The predicted molar refractivity (Wildman–Crippen MR) is 97.9 cm³/mol. The molecular weight excluding hydrogens is 350 g/mol. The summed E-state index contributed by atoms with van der Waals surface area (Å²) >= 11 is 0. The van der Waals surface area contributed by atoms with Crippen molar-refractivity contribution in [3.63, 3.8) is 0 Å². The lowest BCUT2D eigenvalue weighted by Crippen LogP contribution is -2.10. The number of rotatable bonds is 6. The van der Waals surface area contributed by atoms with Gasteiger partial charge in [0, 0.05) is 5.56 Å². The molecular formula is C20H17NO6. The average molecular weight is 367 g/mol. The first kappa shape index (κ1) is 18.2. The van der Waals surface area contributed by atoms with Gasteiger partial charge in [0.05, 0.1) is 7.11 Å². The van der Waals surface area contributed by atoms with Gasteiger partial charge in [-0.2, -0.15) is 0 Å². The topological polar surface area (TPSA) is 94.4 Å². The van der Waals surface area contributed by atoms with Crippen molar-refractivity contribution in [2.24, 2.45) is 4.99 Å². The molecule has 0 bridgehead atoms. The van der Waals surface area contributed by atoms with Gasteiger partial charge in [0.25, 0.3) is 0 Å². The molecule has 7 heteroatoms. The molecule has 0 saturated carbocycles. The molecule has 0 atom stereocenters. The molecule has 138 valence electrons. The fourth-order valence-corrected chi connectivity index (χ4v) is 2.42. The van der Waals surface area contributed by atoms with Crippen LogP contribution < -0.4 is 9.47 Å². The van der Waals surface area contributed by atoms with Crippen molar-refractivity contribution in [3.05, 3.63) is 64.9 Å². The summed E-state index contributed by atoms with van der Waals surface area (Å²) in [5.74, 6) is -0.745. The highest BCUT2D eigenvalue weighted by Gasteiger charge is 2.24. The SMILES string of the molecule is COc1cc(C=C2N=C(c3ccc(C)cc3)OC2=O)ccc1OCC(=O)O. The number of hydrogen-bond acceptors (Lipinski definition) is 6. The molecule has 2 aromatic carbocycles. The molecule has 0 spiro atoms. The van der Waals surface area contributed by atoms with E-state index < -0.39 is 18.5 Å². The van der Waals surface area contributed by atoms with Crippen LogP contribution in [0, 0.1) is 6.92 Å². The Labute approximate surface area is 155 Å². The maximum absolute atomic E-state index is 12.1. The summed E-state index contributed by atoms with van der Waals surface area (Å²) in [5, 5.41) is 8.70. The lowest BCUT2D eigenvalue weighted by atomic mass is 10.1. The van der Waals surface area contributed by atoms with E-state index in [-0.39, 0.29) is 11.6 Å². The molecule has 3 rings (SSSR count). The Morgan fingerprint density at radius 3 is 2.59 bits per heavy atom. The van der Waals surface area contributed by atoms with E-state index >= 15 is 0 Å². The number of carboxylic acid groups (broad SMARTS) is 1. The number of esters is 1. The minimum Gasteiger partial charge on any atom is -0.493 e. The van der Waals surface area contributed by atoms with E-state index in [4.69, 9.17) is 19.3 Å². The lowest BCUT2D eigenvalue weighted by molar-refractivity contribution is -0.139. The van der Waals surface area contributed by atoms with Crippen LogP contribution in [0.2, 0.25) is 0 Å². The van der Waals surface area contributed by atoms with Crippen LogP contribution in [0.25, 0.3) is 6.08 Å². The Hall–Kier alpha value is -3.61. The van der Waals surface area contributed by atoms with Crippen molar-refractivity contribution in [1.29, 1.82) is 0 Å². The highest BCUT2D eigenvalue weighted by atomic mass is 16.6. The number of hydrogen-bond donors (Lipinski definition) is 1. The van der Waals surface area contributed by atoms with Crippen LogP contribution >= 0.6 is 0 Å². The number of methoxy groups -OCH3 is 1. The van der Waals surface area contributed by atoms with Gasteiger partial charge in [-0.25, -0.2) is 14.6 Å². The number of ether oxygens (including phenoxy) is 3. The van der Waals surface area contributed by atoms with Crippen molar-refractivity contribution in [2.45, 2.75) is 6.92 Å². The van der Waals surface area contributed by atoms with Crippen LogP contribution in [-0.2, 0) is 14.3 Å². The maximum Gasteiger partial charge on any atom is 0.363 e. The van der Waals surface area contributed by atoms with Gasteiger partial charge in [0.1, 0.15) is 0 Å². The monoisotopic (exact) mass is 367 g/mol. The number of carbonyl (C=O) groups is 2. The number of benzene rings is 2. The fraction of sp³-hybridized carbons (Fsp3) is 0.150. The number of carbonyl (C=O) groups excluding carboxylic acids is 1. The van der Waals surface area contributed by atoms with Crippen LogP contribution in [0.5, 0.6) is 11.5 Å². The van der Waals surface area contributed by atoms with E-state index in [0.717, 1.165) is 5.56 Å². The summed E-state index contributed by atoms with van der Waals surface area (Å²) in [7, 11) is 1.44. The minimum atomic E-state index is -1.09. The van der Waals surface area contributed by atoms with Gasteiger partial charge in [-0.3, -0.25) is 0 Å². The first-order chi connectivity index (χ1) is 13.0. The van der Waals surface area contributed by atoms with E-state index in [9.17, 15) is 9.59 Å². The Bertz CT molecular complexity index is 943. The zero-order valence-electron chi connectivity index (χ0n) is 14.8. The molecule has 27 heavy (non-hydrogen) atoms. The quantitative estimate of drug-likeness (QED) is 0.623. The van der Waals surface area contributed by atoms with Gasteiger partial charge in [-0.15, -0.1) is 0 Å². The molecule has 1 aliphatic rings. The summed E-state index contributed by atoms with van der Waals surface area (Å²) in [6.07, 6.45) is 1.56. The Balaban J connectivity index is 1.85. The Kier molecular flexibility index (Phi) is 5.21. The molecule has 0 radical (unpaired) electrons. The van der Waals surface area contributed by atoms with Gasteiger partial charge < -0.3 is 19.3 Å². The van der Waals surface area contributed by atoms with E-state index in [0.29, 0.717) is 22.6 Å². The number of aryl methyl sites for hydroxylation is 1. The fourth-order valence-electron chi connectivity index (χ4n) is 2.42. The van der Waals surface area contributed by atoms with Crippen LogP contribution in [0.3, 0.4) is 0 Å². The van der Waals surface area contributed by atoms with Crippen LogP contribution in [0.15, 0.2) is 53.2 Å². The first-order valence-corrected chi connectivity index (χ1v) is 8.08. The summed E-state index contributed by atoms with van der Waals surface area (Å²) in [4.78, 5) is 27.0. The smallest absolute Gasteiger partial charge is 0.363 e. The highest BCUT2D eigenvalue weighted by molar-refractivity contribution is 6.12. The largest absolute Gasteiger partial charge is 0.493 e. The number of aliphatic carboxylic acids is 1. The molecule has 2 aromatic rings. The number of carboxylic acids is 1.